The summed E-state index contributed by atoms with van der Waals surface area (Å²) in [6.45, 7) is 4.66. The number of rotatable bonds is 4. The second kappa shape index (κ2) is 5.98. The maximum atomic E-state index is 8.94. The van der Waals surface area contributed by atoms with Crippen LogP contribution in [0.5, 0.6) is 0 Å². The molecule has 0 aliphatic rings. The normalized spacial score (nSPS) is 12.2. The number of nitrogens with zero attached hydrogens (tertiary/aromatic N) is 1. The molecule has 4 heteroatoms. The van der Waals surface area contributed by atoms with Gasteiger partial charge in [0, 0.05) is 22.3 Å². The zero-order valence-electron chi connectivity index (χ0n) is 9.30. The molecule has 16 heavy (non-hydrogen) atoms. The van der Waals surface area contributed by atoms with Crippen molar-refractivity contribution in [1.82, 2.24) is 0 Å². The summed E-state index contributed by atoms with van der Waals surface area (Å²) in [4.78, 5) is 0. The third-order valence-electron chi connectivity index (χ3n) is 2.36. The van der Waals surface area contributed by atoms with Crippen molar-refractivity contribution >= 4 is 28.9 Å². The fourth-order valence-corrected chi connectivity index (χ4v) is 1.84. The molecule has 0 heterocycles. The van der Waals surface area contributed by atoms with Gasteiger partial charge in [0.1, 0.15) is 0 Å². The highest BCUT2D eigenvalue weighted by Gasteiger charge is 2.11. The van der Waals surface area contributed by atoms with Crippen LogP contribution in [-0.2, 0) is 0 Å². The Kier molecular flexibility index (Phi) is 4.92. The fourth-order valence-electron chi connectivity index (χ4n) is 1.31. The van der Waals surface area contributed by atoms with Crippen LogP contribution in [-0.4, -0.2) is 6.54 Å². The zero-order valence-corrected chi connectivity index (χ0v) is 10.8. The Morgan fingerprint density at radius 1 is 1.25 bits per heavy atom. The van der Waals surface area contributed by atoms with Crippen LogP contribution in [0.1, 0.15) is 13.8 Å². The Morgan fingerprint density at radius 3 is 2.25 bits per heavy atom. The number of hydrogen-bond acceptors (Lipinski definition) is 2. The highest BCUT2D eigenvalue weighted by atomic mass is 35.5. The molecule has 0 aromatic heterocycles. The van der Waals surface area contributed by atoms with Gasteiger partial charge in [-0.1, -0.05) is 37.0 Å². The molecule has 2 nitrogen and oxygen atoms in total. The van der Waals surface area contributed by atoms with Gasteiger partial charge in [0.15, 0.2) is 0 Å². The zero-order chi connectivity index (χ0) is 12.1. The summed E-state index contributed by atoms with van der Waals surface area (Å²) in [6.07, 6.45) is 0. The summed E-state index contributed by atoms with van der Waals surface area (Å²) < 4.78 is 0. The van der Waals surface area contributed by atoms with Crippen molar-refractivity contribution in [2.75, 3.05) is 11.9 Å². The number of anilines is 1. The molecule has 0 spiro atoms. The predicted octanol–water partition coefficient (Wildman–Crippen LogP) is 4.20. The van der Waals surface area contributed by atoms with Crippen molar-refractivity contribution in [3.63, 3.8) is 0 Å². The summed E-state index contributed by atoms with van der Waals surface area (Å²) >= 11 is 11.7. The summed E-state index contributed by atoms with van der Waals surface area (Å²) in [7, 11) is 0. The van der Waals surface area contributed by atoms with E-state index < -0.39 is 0 Å². The van der Waals surface area contributed by atoms with E-state index in [0.29, 0.717) is 22.5 Å². The van der Waals surface area contributed by atoms with Crippen molar-refractivity contribution in [1.29, 1.82) is 5.26 Å². The first kappa shape index (κ1) is 13.2. The van der Waals surface area contributed by atoms with Crippen molar-refractivity contribution in [3.8, 4) is 6.07 Å². The molecular weight excluding hydrogens is 243 g/mol. The smallest absolute Gasteiger partial charge is 0.0677 e. The summed E-state index contributed by atoms with van der Waals surface area (Å²) in [5.41, 5.74) is 0.846. The minimum Gasteiger partial charge on any atom is -0.384 e. The van der Waals surface area contributed by atoms with Crippen molar-refractivity contribution < 1.29 is 0 Å². The van der Waals surface area contributed by atoms with E-state index in [4.69, 9.17) is 28.5 Å². The molecule has 0 saturated carbocycles. The van der Waals surface area contributed by atoms with Gasteiger partial charge in [0.2, 0.25) is 0 Å². The lowest BCUT2D eigenvalue weighted by Crippen LogP contribution is -2.17. The van der Waals surface area contributed by atoms with Crippen molar-refractivity contribution in [2.45, 2.75) is 13.8 Å². The lowest BCUT2D eigenvalue weighted by atomic mass is 9.97. The number of benzene rings is 1. The van der Waals surface area contributed by atoms with Crippen LogP contribution in [0.15, 0.2) is 18.2 Å². The molecule has 0 radical (unpaired) electrons. The first-order valence-electron chi connectivity index (χ1n) is 5.12. The van der Waals surface area contributed by atoms with E-state index in [1.54, 1.807) is 18.2 Å². The van der Waals surface area contributed by atoms with E-state index >= 15 is 0 Å². The molecule has 1 rings (SSSR count). The predicted molar refractivity (Wildman–Crippen MR) is 68.9 cm³/mol. The topological polar surface area (TPSA) is 35.8 Å². The molecule has 1 aromatic rings. The lowest BCUT2D eigenvalue weighted by Gasteiger charge is -2.14. The standard InChI is InChI=1S/C12H14Cl2N2/c1-8(2)9(6-15)7-16-12-4-10(13)3-11(14)5-12/h3-5,8-9,16H,7H2,1-2H3. The molecule has 0 amide bonds. The molecule has 0 bridgehead atoms. The first-order valence-corrected chi connectivity index (χ1v) is 5.88. The van der Waals surface area contributed by atoms with Gasteiger partial charge < -0.3 is 5.32 Å². The van der Waals surface area contributed by atoms with E-state index in [0.717, 1.165) is 5.69 Å². The summed E-state index contributed by atoms with van der Waals surface area (Å²) in [5, 5.41) is 13.3. The molecule has 1 aromatic carbocycles. The molecule has 1 atom stereocenters. The van der Waals surface area contributed by atoms with Gasteiger partial charge in [-0.2, -0.15) is 5.26 Å². The van der Waals surface area contributed by atoms with E-state index in [1.807, 2.05) is 13.8 Å². The maximum absolute atomic E-state index is 8.94. The fraction of sp³-hybridized carbons (Fsp3) is 0.417. The van der Waals surface area contributed by atoms with Gasteiger partial charge in [0.05, 0.1) is 12.0 Å². The van der Waals surface area contributed by atoms with Gasteiger partial charge in [-0.05, 0) is 24.1 Å². The molecule has 1 unspecified atom stereocenters. The third-order valence-corrected chi connectivity index (χ3v) is 2.80. The van der Waals surface area contributed by atoms with Gasteiger partial charge in [-0.3, -0.25) is 0 Å². The van der Waals surface area contributed by atoms with Crippen LogP contribution in [0.2, 0.25) is 10.0 Å². The van der Waals surface area contributed by atoms with Crippen LogP contribution >= 0.6 is 23.2 Å². The molecule has 86 valence electrons. The highest BCUT2D eigenvalue weighted by Crippen LogP contribution is 2.23. The average Bonchev–Trinajstić information content (AvgIpc) is 2.16. The van der Waals surface area contributed by atoms with E-state index in [2.05, 4.69) is 11.4 Å². The third kappa shape index (κ3) is 3.92. The summed E-state index contributed by atoms with van der Waals surface area (Å²) in [6, 6.07) is 7.54. The van der Waals surface area contributed by atoms with Crippen molar-refractivity contribution in [3.05, 3.63) is 28.2 Å². The highest BCUT2D eigenvalue weighted by molar-refractivity contribution is 6.35. The summed E-state index contributed by atoms with van der Waals surface area (Å²) in [5.74, 6) is 0.310. The Bertz CT molecular complexity index is 376. The molecular formula is C12H14Cl2N2. The maximum Gasteiger partial charge on any atom is 0.0677 e. The van der Waals surface area contributed by atoms with Crippen LogP contribution in [0.3, 0.4) is 0 Å². The Hall–Kier alpha value is -0.910. The SMILES string of the molecule is CC(C)C(C#N)CNc1cc(Cl)cc(Cl)c1. The first-order chi connectivity index (χ1) is 7.52. The Balaban J connectivity index is 2.64. The molecule has 1 N–H and O–H groups in total. The van der Waals surface area contributed by atoms with Crippen LogP contribution in [0, 0.1) is 23.2 Å². The Labute approximate surface area is 106 Å². The van der Waals surface area contributed by atoms with Gasteiger partial charge in [-0.25, -0.2) is 0 Å². The monoisotopic (exact) mass is 256 g/mol. The second-order valence-corrected chi connectivity index (χ2v) is 4.89. The van der Waals surface area contributed by atoms with E-state index in [1.165, 1.54) is 0 Å². The lowest BCUT2D eigenvalue weighted by molar-refractivity contribution is 0.496. The number of halogens is 2. The molecule has 0 saturated heterocycles. The Morgan fingerprint density at radius 2 is 1.81 bits per heavy atom. The minimum atomic E-state index is -0.0160. The number of nitriles is 1. The van der Waals surface area contributed by atoms with Crippen LogP contribution in [0.4, 0.5) is 5.69 Å². The average molecular weight is 257 g/mol. The number of nitrogens with one attached hydrogen (secondary N) is 1. The second-order valence-electron chi connectivity index (χ2n) is 4.02. The number of hydrogen-bond donors (Lipinski definition) is 1. The van der Waals surface area contributed by atoms with Crippen molar-refractivity contribution in [2.24, 2.45) is 11.8 Å². The molecule has 0 aliphatic heterocycles. The van der Waals surface area contributed by atoms with Gasteiger partial charge >= 0.3 is 0 Å². The van der Waals surface area contributed by atoms with Crippen LogP contribution < -0.4 is 5.32 Å². The quantitative estimate of drug-likeness (QED) is 0.877. The van der Waals surface area contributed by atoms with Gasteiger partial charge in [-0.15, -0.1) is 0 Å². The largest absolute Gasteiger partial charge is 0.384 e. The van der Waals surface area contributed by atoms with Gasteiger partial charge in [0.25, 0.3) is 0 Å². The minimum absolute atomic E-state index is 0.0160. The van der Waals surface area contributed by atoms with E-state index in [9.17, 15) is 0 Å². The molecule has 0 fully saturated rings. The molecule has 0 aliphatic carbocycles. The van der Waals surface area contributed by atoms with E-state index in [-0.39, 0.29) is 5.92 Å². The van der Waals surface area contributed by atoms with Crippen LogP contribution in [0.25, 0.3) is 0 Å².